The van der Waals surface area contributed by atoms with Crippen LogP contribution in [0.25, 0.3) is 22.1 Å². The number of carbonyl (C=O) groups is 1. The van der Waals surface area contributed by atoms with Gasteiger partial charge in [0, 0.05) is 23.1 Å². The predicted octanol–water partition coefficient (Wildman–Crippen LogP) is 5.76. The minimum Gasteiger partial charge on any atom is -0.481 e. The number of ether oxygens (including phenoxy) is 1. The van der Waals surface area contributed by atoms with E-state index in [1.54, 1.807) is 43.3 Å². The number of hydrogen-bond donors (Lipinski definition) is 0. The molecule has 29 heavy (non-hydrogen) atoms. The van der Waals surface area contributed by atoms with Crippen LogP contribution in [0.1, 0.15) is 17.3 Å². The topological polar surface area (TPSA) is 56.5 Å². The first-order chi connectivity index (χ1) is 14.0. The van der Waals surface area contributed by atoms with Gasteiger partial charge in [0.25, 0.3) is 0 Å². The Labute approximate surface area is 172 Å². The van der Waals surface area contributed by atoms with Crippen LogP contribution in [0.4, 0.5) is 0 Å². The zero-order chi connectivity index (χ0) is 20.4. The third-order valence-electron chi connectivity index (χ3n) is 4.61. The fourth-order valence-corrected chi connectivity index (χ4v) is 3.40. The summed E-state index contributed by atoms with van der Waals surface area (Å²) >= 11 is 6.44. The Morgan fingerprint density at radius 1 is 0.966 bits per heavy atom. The maximum absolute atomic E-state index is 12.6. The Kier molecular flexibility index (Phi) is 5.19. The van der Waals surface area contributed by atoms with Crippen LogP contribution >= 0.6 is 11.6 Å². The van der Waals surface area contributed by atoms with Gasteiger partial charge < -0.3 is 9.15 Å². The summed E-state index contributed by atoms with van der Waals surface area (Å²) < 4.78 is 11.2. The summed E-state index contributed by atoms with van der Waals surface area (Å²) in [7, 11) is 0. The first kappa shape index (κ1) is 19.0. The molecule has 0 aliphatic rings. The van der Waals surface area contributed by atoms with E-state index in [4.69, 9.17) is 20.8 Å². The van der Waals surface area contributed by atoms with Crippen molar-refractivity contribution in [2.45, 2.75) is 13.0 Å². The minimum absolute atomic E-state index is 0.166. The molecule has 144 valence electrons. The molecule has 0 spiro atoms. The standard InChI is InChI=1S/C24H17ClO4/c1-15(24(27)17-10-6-3-7-11-17)28-22-14-21-19(12-20(22)25)18(13-23(26)29-21)16-8-4-2-5-9-16/h2-15H,1H3. The number of benzene rings is 3. The van der Waals surface area contributed by atoms with Crippen molar-refractivity contribution < 1.29 is 13.9 Å². The second-order valence-corrected chi connectivity index (χ2v) is 7.02. The summed E-state index contributed by atoms with van der Waals surface area (Å²) in [4.78, 5) is 24.7. The average Bonchev–Trinajstić information content (AvgIpc) is 2.75. The summed E-state index contributed by atoms with van der Waals surface area (Å²) in [6.45, 7) is 1.66. The number of halogens is 1. The number of ketones is 1. The van der Waals surface area contributed by atoms with E-state index in [1.807, 2.05) is 36.4 Å². The van der Waals surface area contributed by atoms with Crippen molar-refractivity contribution in [2.24, 2.45) is 0 Å². The Morgan fingerprint density at radius 3 is 2.31 bits per heavy atom. The molecule has 0 saturated heterocycles. The Balaban J connectivity index is 1.73. The maximum Gasteiger partial charge on any atom is 0.336 e. The van der Waals surface area contributed by atoms with Crippen molar-refractivity contribution in [1.29, 1.82) is 0 Å². The second-order valence-electron chi connectivity index (χ2n) is 6.61. The molecule has 0 saturated carbocycles. The summed E-state index contributed by atoms with van der Waals surface area (Å²) in [5.74, 6) is 0.116. The average molecular weight is 405 g/mol. The third kappa shape index (κ3) is 3.93. The summed E-state index contributed by atoms with van der Waals surface area (Å²) in [6, 6.07) is 23.1. The Bertz CT molecular complexity index is 1230. The highest BCUT2D eigenvalue weighted by Crippen LogP contribution is 2.35. The smallest absolute Gasteiger partial charge is 0.336 e. The number of hydrogen-bond acceptors (Lipinski definition) is 4. The summed E-state index contributed by atoms with van der Waals surface area (Å²) in [6.07, 6.45) is -0.753. The maximum atomic E-state index is 12.6. The lowest BCUT2D eigenvalue weighted by Crippen LogP contribution is -2.24. The summed E-state index contributed by atoms with van der Waals surface area (Å²) in [5, 5.41) is 1.02. The molecule has 0 aliphatic carbocycles. The first-order valence-electron chi connectivity index (χ1n) is 9.11. The second kappa shape index (κ2) is 7.94. The van der Waals surface area contributed by atoms with Gasteiger partial charge in [-0.05, 0) is 24.1 Å². The minimum atomic E-state index is -0.753. The van der Waals surface area contributed by atoms with Crippen LogP contribution < -0.4 is 10.4 Å². The molecular weight excluding hydrogens is 388 g/mol. The molecule has 0 bridgehead atoms. The highest BCUT2D eigenvalue weighted by Gasteiger charge is 2.19. The number of Topliss-reactive ketones (excluding diaryl/α,β-unsaturated/α-hetero) is 1. The number of carbonyl (C=O) groups excluding carboxylic acids is 1. The number of rotatable bonds is 5. The van der Waals surface area contributed by atoms with Crippen molar-refractivity contribution >= 4 is 28.4 Å². The quantitative estimate of drug-likeness (QED) is 0.313. The molecule has 1 heterocycles. The van der Waals surface area contributed by atoms with Crippen LogP contribution in [0.15, 0.2) is 88.1 Å². The molecule has 0 aliphatic heterocycles. The molecule has 0 amide bonds. The fraction of sp³-hybridized carbons (Fsp3) is 0.0833. The van der Waals surface area contributed by atoms with E-state index in [9.17, 15) is 9.59 Å². The van der Waals surface area contributed by atoms with E-state index >= 15 is 0 Å². The molecule has 5 heteroatoms. The van der Waals surface area contributed by atoms with E-state index in [2.05, 4.69) is 0 Å². The lowest BCUT2D eigenvalue weighted by Gasteiger charge is -2.16. The van der Waals surface area contributed by atoms with Crippen LogP contribution in [0, 0.1) is 0 Å². The SMILES string of the molecule is CC(Oc1cc2oc(=O)cc(-c3ccccc3)c2cc1Cl)C(=O)c1ccccc1. The van der Waals surface area contributed by atoms with Crippen molar-refractivity contribution in [2.75, 3.05) is 0 Å². The Hall–Kier alpha value is -3.37. The molecule has 3 aromatic carbocycles. The van der Waals surface area contributed by atoms with Gasteiger partial charge in [0.2, 0.25) is 5.78 Å². The third-order valence-corrected chi connectivity index (χ3v) is 4.91. The first-order valence-corrected chi connectivity index (χ1v) is 9.49. The summed E-state index contributed by atoms with van der Waals surface area (Å²) in [5.41, 5.74) is 2.02. The van der Waals surface area contributed by atoms with Crippen molar-refractivity contribution in [3.63, 3.8) is 0 Å². The van der Waals surface area contributed by atoms with Crippen LogP contribution in [-0.2, 0) is 0 Å². The molecule has 1 atom stereocenters. The van der Waals surface area contributed by atoms with Crippen molar-refractivity contribution in [1.82, 2.24) is 0 Å². The van der Waals surface area contributed by atoms with Gasteiger partial charge >= 0.3 is 5.63 Å². The van der Waals surface area contributed by atoms with Crippen molar-refractivity contribution in [3.05, 3.63) is 99.9 Å². The predicted molar refractivity (Wildman–Crippen MR) is 114 cm³/mol. The van der Waals surface area contributed by atoms with Crippen LogP contribution in [0.3, 0.4) is 0 Å². The molecule has 0 fully saturated rings. The van der Waals surface area contributed by atoms with Gasteiger partial charge in [0.05, 0.1) is 5.02 Å². The molecule has 4 rings (SSSR count). The highest BCUT2D eigenvalue weighted by molar-refractivity contribution is 6.33. The van der Waals surface area contributed by atoms with E-state index in [1.165, 1.54) is 6.07 Å². The molecule has 4 nitrogen and oxygen atoms in total. The zero-order valence-electron chi connectivity index (χ0n) is 15.6. The monoisotopic (exact) mass is 404 g/mol. The molecule has 1 unspecified atom stereocenters. The number of fused-ring (bicyclic) bond motifs is 1. The van der Waals surface area contributed by atoms with E-state index in [0.717, 1.165) is 11.1 Å². The van der Waals surface area contributed by atoms with Gasteiger partial charge in [-0.1, -0.05) is 72.3 Å². The fourth-order valence-electron chi connectivity index (χ4n) is 3.19. The lowest BCUT2D eigenvalue weighted by atomic mass is 10.0. The van der Waals surface area contributed by atoms with E-state index < -0.39 is 11.7 Å². The largest absolute Gasteiger partial charge is 0.481 e. The molecule has 0 radical (unpaired) electrons. The highest BCUT2D eigenvalue weighted by atomic mass is 35.5. The van der Waals surface area contributed by atoms with Crippen LogP contribution in [0.5, 0.6) is 5.75 Å². The van der Waals surface area contributed by atoms with Crippen LogP contribution in [-0.4, -0.2) is 11.9 Å². The van der Waals surface area contributed by atoms with E-state index in [-0.39, 0.29) is 11.5 Å². The molecular formula is C24H17ClO4. The van der Waals surface area contributed by atoms with Gasteiger partial charge in [0.1, 0.15) is 11.3 Å². The molecule has 1 aromatic heterocycles. The molecule has 0 N–H and O–H groups in total. The van der Waals surface area contributed by atoms with Gasteiger partial charge in [-0.3, -0.25) is 4.79 Å². The zero-order valence-corrected chi connectivity index (χ0v) is 16.3. The van der Waals surface area contributed by atoms with Gasteiger partial charge in [-0.15, -0.1) is 0 Å². The lowest BCUT2D eigenvalue weighted by molar-refractivity contribution is 0.0818. The normalized spacial score (nSPS) is 11.9. The van der Waals surface area contributed by atoms with Gasteiger partial charge in [-0.25, -0.2) is 4.79 Å². The molecule has 4 aromatic rings. The van der Waals surface area contributed by atoms with Gasteiger partial charge in [-0.2, -0.15) is 0 Å². The van der Waals surface area contributed by atoms with Crippen molar-refractivity contribution in [3.8, 4) is 16.9 Å². The van der Waals surface area contributed by atoms with Gasteiger partial charge in [0.15, 0.2) is 6.10 Å². The van der Waals surface area contributed by atoms with E-state index in [0.29, 0.717) is 21.6 Å². The van der Waals surface area contributed by atoms with Crippen LogP contribution in [0.2, 0.25) is 5.02 Å². The Morgan fingerprint density at radius 2 is 1.62 bits per heavy atom.